The zero-order chi connectivity index (χ0) is 16.9. The summed E-state index contributed by atoms with van der Waals surface area (Å²) >= 11 is 0. The molecule has 1 atom stereocenters. The minimum Gasteiger partial charge on any atom is -0.361 e. The lowest BCUT2D eigenvalue weighted by Crippen LogP contribution is -2.26. The number of rotatable bonds is 3. The summed E-state index contributed by atoms with van der Waals surface area (Å²) in [6.07, 6.45) is 3.10. The number of nitrogens with zero attached hydrogens (tertiary/aromatic N) is 6. The molecule has 1 fully saturated rings. The molecule has 1 unspecified atom stereocenters. The normalized spacial score (nSPS) is 18.7. The van der Waals surface area contributed by atoms with Crippen LogP contribution in [0.2, 0.25) is 0 Å². The van der Waals surface area contributed by atoms with E-state index in [-0.39, 0.29) is 17.5 Å². The lowest BCUT2D eigenvalue weighted by atomic mass is 10.1. The first-order valence-corrected chi connectivity index (χ1v) is 7.72. The van der Waals surface area contributed by atoms with Gasteiger partial charge in [0.2, 0.25) is 0 Å². The number of halogens is 2. The smallest absolute Gasteiger partial charge is 0.287 e. The molecule has 4 heterocycles. The van der Waals surface area contributed by atoms with Gasteiger partial charge in [-0.1, -0.05) is 5.16 Å². The Hall–Kier alpha value is -2.58. The minimum atomic E-state index is -3.05. The van der Waals surface area contributed by atoms with Crippen LogP contribution in [0.15, 0.2) is 23.0 Å². The van der Waals surface area contributed by atoms with E-state index in [0.717, 1.165) is 31.2 Å². The van der Waals surface area contributed by atoms with E-state index in [2.05, 4.69) is 20.2 Å². The summed E-state index contributed by atoms with van der Waals surface area (Å²) in [7, 11) is 0. The number of hydrogen-bond donors (Lipinski definition) is 0. The second-order valence-electron chi connectivity index (χ2n) is 6.07. The summed E-state index contributed by atoms with van der Waals surface area (Å²) in [6, 6.07) is 3.21. The molecule has 4 rings (SSSR count). The van der Waals surface area contributed by atoms with Gasteiger partial charge in [-0.2, -0.15) is 23.4 Å². The molecule has 1 aliphatic rings. The van der Waals surface area contributed by atoms with E-state index in [1.807, 2.05) is 17.9 Å². The van der Waals surface area contributed by atoms with Crippen molar-refractivity contribution in [1.82, 2.24) is 24.7 Å². The topological polar surface area (TPSA) is 72.4 Å². The van der Waals surface area contributed by atoms with Crippen molar-refractivity contribution in [1.29, 1.82) is 0 Å². The first-order chi connectivity index (χ1) is 11.4. The average Bonchev–Trinajstić information content (AvgIpc) is 3.24. The molecule has 9 heteroatoms. The van der Waals surface area contributed by atoms with Crippen LogP contribution in [0.5, 0.6) is 0 Å². The lowest BCUT2D eigenvalue weighted by Gasteiger charge is -2.26. The predicted octanol–water partition coefficient (Wildman–Crippen LogP) is 2.87. The number of hydrogen-bond acceptors (Lipinski definition) is 6. The number of anilines is 1. The summed E-state index contributed by atoms with van der Waals surface area (Å²) in [5.74, 6) is -1.64. The lowest BCUT2D eigenvalue weighted by molar-refractivity contribution is 0.0129. The van der Waals surface area contributed by atoms with Crippen LogP contribution in [0.1, 0.15) is 43.0 Å². The maximum atomic E-state index is 13.8. The van der Waals surface area contributed by atoms with Crippen LogP contribution in [0.3, 0.4) is 0 Å². The number of alkyl halides is 2. The molecule has 0 bridgehead atoms. The maximum absolute atomic E-state index is 13.8. The monoisotopic (exact) mass is 334 g/mol. The molecule has 0 spiro atoms. The zero-order valence-electron chi connectivity index (χ0n) is 13.3. The Morgan fingerprint density at radius 1 is 1.33 bits per heavy atom. The zero-order valence-corrected chi connectivity index (χ0v) is 13.3. The summed E-state index contributed by atoms with van der Waals surface area (Å²) in [4.78, 5) is 9.90. The van der Waals surface area contributed by atoms with Crippen LogP contribution < -0.4 is 4.90 Å². The molecular formula is C15H16F2N6O. The standard InChI is InChI=1S/C15H16F2N6O/c1-9-6-10(21-24-9)11-4-3-5-22(11)13-7-12(15(2,16)17)20-14-18-8-19-23(13)14/h6-8,11H,3-5H2,1-2H3. The molecule has 0 aromatic carbocycles. The first-order valence-electron chi connectivity index (χ1n) is 7.72. The second kappa shape index (κ2) is 5.22. The fourth-order valence-corrected chi connectivity index (χ4v) is 3.12. The second-order valence-corrected chi connectivity index (χ2v) is 6.07. The molecule has 0 amide bonds. The van der Waals surface area contributed by atoms with Crippen molar-refractivity contribution in [3.05, 3.63) is 35.6 Å². The predicted molar refractivity (Wildman–Crippen MR) is 80.9 cm³/mol. The van der Waals surface area contributed by atoms with Gasteiger partial charge in [-0.3, -0.25) is 0 Å². The van der Waals surface area contributed by atoms with Gasteiger partial charge in [-0.15, -0.1) is 0 Å². The molecule has 0 N–H and O–H groups in total. The van der Waals surface area contributed by atoms with Crippen LogP contribution >= 0.6 is 0 Å². The van der Waals surface area contributed by atoms with Gasteiger partial charge in [0.05, 0.1) is 6.04 Å². The highest BCUT2D eigenvalue weighted by Crippen LogP contribution is 2.37. The molecule has 3 aromatic rings. The maximum Gasteiger partial charge on any atom is 0.287 e. The van der Waals surface area contributed by atoms with E-state index in [1.165, 1.54) is 16.9 Å². The highest BCUT2D eigenvalue weighted by molar-refractivity contribution is 5.50. The van der Waals surface area contributed by atoms with Gasteiger partial charge in [0.1, 0.15) is 29.3 Å². The van der Waals surface area contributed by atoms with Crippen LogP contribution in [-0.4, -0.2) is 31.3 Å². The molecule has 7 nitrogen and oxygen atoms in total. The van der Waals surface area contributed by atoms with Crippen molar-refractivity contribution in [2.24, 2.45) is 0 Å². The van der Waals surface area contributed by atoms with Crippen molar-refractivity contribution >= 4 is 11.6 Å². The summed E-state index contributed by atoms with van der Waals surface area (Å²) < 4.78 is 34.3. The summed E-state index contributed by atoms with van der Waals surface area (Å²) in [5.41, 5.74) is 0.472. The van der Waals surface area contributed by atoms with Crippen molar-refractivity contribution in [3.63, 3.8) is 0 Å². The minimum absolute atomic E-state index is 0.0458. The Labute approximate surface area is 136 Å². The van der Waals surface area contributed by atoms with E-state index in [9.17, 15) is 8.78 Å². The molecular weight excluding hydrogens is 318 g/mol. The van der Waals surface area contributed by atoms with Gasteiger partial charge in [-0.25, -0.2) is 4.98 Å². The van der Waals surface area contributed by atoms with E-state index >= 15 is 0 Å². The Morgan fingerprint density at radius 2 is 2.17 bits per heavy atom. The SMILES string of the molecule is Cc1cc(C2CCCN2c2cc(C(C)(F)F)nc3ncnn23)no1. The van der Waals surface area contributed by atoms with Crippen molar-refractivity contribution in [2.45, 2.75) is 38.7 Å². The average molecular weight is 334 g/mol. The van der Waals surface area contributed by atoms with Crippen LogP contribution in [-0.2, 0) is 5.92 Å². The Balaban J connectivity index is 1.84. The Kier molecular flexibility index (Phi) is 3.26. The van der Waals surface area contributed by atoms with Gasteiger partial charge in [0, 0.05) is 25.6 Å². The molecule has 3 aromatic heterocycles. The van der Waals surface area contributed by atoms with Gasteiger partial charge in [-0.05, 0) is 19.8 Å². The van der Waals surface area contributed by atoms with E-state index in [0.29, 0.717) is 12.4 Å². The van der Waals surface area contributed by atoms with Gasteiger partial charge in [0.25, 0.3) is 11.7 Å². The van der Waals surface area contributed by atoms with E-state index in [1.54, 1.807) is 0 Å². The fourth-order valence-electron chi connectivity index (χ4n) is 3.12. The first kappa shape index (κ1) is 15.0. The van der Waals surface area contributed by atoms with Crippen LogP contribution in [0, 0.1) is 6.92 Å². The summed E-state index contributed by atoms with van der Waals surface area (Å²) in [5, 5.41) is 8.22. The quantitative estimate of drug-likeness (QED) is 0.733. The number of aryl methyl sites for hydroxylation is 1. The molecule has 126 valence electrons. The molecule has 1 aliphatic heterocycles. The largest absolute Gasteiger partial charge is 0.361 e. The fraction of sp³-hybridized carbons (Fsp3) is 0.467. The molecule has 0 aliphatic carbocycles. The van der Waals surface area contributed by atoms with Crippen molar-refractivity contribution in [3.8, 4) is 0 Å². The molecule has 24 heavy (non-hydrogen) atoms. The van der Waals surface area contributed by atoms with Crippen LogP contribution in [0.4, 0.5) is 14.6 Å². The van der Waals surface area contributed by atoms with Crippen molar-refractivity contribution < 1.29 is 13.3 Å². The molecule has 1 saturated heterocycles. The van der Waals surface area contributed by atoms with Crippen LogP contribution in [0.25, 0.3) is 5.78 Å². The highest BCUT2D eigenvalue weighted by atomic mass is 19.3. The van der Waals surface area contributed by atoms with E-state index in [4.69, 9.17) is 4.52 Å². The van der Waals surface area contributed by atoms with Gasteiger partial charge < -0.3 is 9.42 Å². The number of aromatic nitrogens is 5. The van der Waals surface area contributed by atoms with Gasteiger partial charge in [0.15, 0.2) is 0 Å². The molecule has 0 saturated carbocycles. The van der Waals surface area contributed by atoms with Crippen molar-refractivity contribution in [2.75, 3.05) is 11.4 Å². The Bertz CT molecular complexity index is 884. The van der Waals surface area contributed by atoms with E-state index < -0.39 is 5.92 Å². The number of fused-ring (bicyclic) bond motifs is 1. The third-order valence-electron chi connectivity index (χ3n) is 4.22. The highest BCUT2D eigenvalue weighted by Gasteiger charge is 2.34. The Morgan fingerprint density at radius 3 is 2.88 bits per heavy atom. The van der Waals surface area contributed by atoms with Gasteiger partial charge >= 0.3 is 0 Å². The third kappa shape index (κ3) is 2.40. The summed E-state index contributed by atoms with van der Waals surface area (Å²) in [6.45, 7) is 3.37. The molecule has 0 radical (unpaired) electrons. The third-order valence-corrected chi connectivity index (χ3v) is 4.22.